The van der Waals surface area contributed by atoms with Crippen LogP contribution in [0.2, 0.25) is 0 Å². The lowest BCUT2D eigenvalue weighted by Gasteiger charge is -2.42. The Morgan fingerprint density at radius 3 is 2.10 bits per heavy atom. The van der Waals surface area contributed by atoms with E-state index >= 15 is 0 Å². The summed E-state index contributed by atoms with van der Waals surface area (Å²) in [6.45, 7) is 1.55. The molecular formula is C16H30O4S. The number of hydrogen-bond acceptors (Lipinski definition) is 3. The second-order valence-electron chi connectivity index (χ2n) is 6.85. The van der Waals surface area contributed by atoms with E-state index < -0.39 is 15.4 Å². The van der Waals surface area contributed by atoms with E-state index in [9.17, 15) is 13.0 Å². The zero-order valence-corrected chi connectivity index (χ0v) is 13.9. The van der Waals surface area contributed by atoms with E-state index in [1.807, 2.05) is 0 Å². The summed E-state index contributed by atoms with van der Waals surface area (Å²) in [5.74, 6) is 0. The molecule has 0 radical (unpaired) electrons. The number of hydrogen-bond donors (Lipinski definition) is 1. The van der Waals surface area contributed by atoms with Gasteiger partial charge in [-0.25, -0.2) is 0 Å². The van der Waals surface area contributed by atoms with Gasteiger partial charge in [0.05, 0.1) is 5.25 Å². The number of ether oxygens (including phenoxy) is 1. The summed E-state index contributed by atoms with van der Waals surface area (Å²) in [5.41, 5.74) is -0.214. The van der Waals surface area contributed by atoms with E-state index in [-0.39, 0.29) is 5.41 Å². The van der Waals surface area contributed by atoms with Gasteiger partial charge < -0.3 is 4.74 Å². The molecule has 1 N–H and O–H groups in total. The summed E-state index contributed by atoms with van der Waals surface area (Å²) in [5, 5.41) is -0.565. The van der Waals surface area contributed by atoms with Crippen LogP contribution >= 0.6 is 0 Å². The van der Waals surface area contributed by atoms with Gasteiger partial charge in [-0.15, -0.1) is 0 Å². The number of rotatable bonds is 1. The Hall–Kier alpha value is -0.130. The molecule has 4 nitrogen and oxygen atoms in total. The third kappa shape index (κ3) is 4.93. The van der Waals surface area contributed by atoms with E-state index in [2.05, 4.69) is 0 Å². The lowest BCUT2D eigenvalue weighted by Crippen LogP contribution is -2.42. The largest absolute Gasteiger partial charge is 0.381 e. The third-order valence-electron chi connectivity index (χ3n) is 5.36. The highest BCUT2D eigenvalue weighted by molar-refractivity contribution is 7.86. The Labute approximate surface area is 129 Å². The molecule has 1 unspecified atom stereocenters. The Morgan fingerprint density at radius 2 is 1.38 bits per heavy atom. The first-order valence-corrected chi connectivity index (χ1v) is 10.1. The predicted octanol–water partition coefficient (Wildman–Crippen LogP) is 3.95. The maximum absolute atomic E-state index is 12.0. The maximum atomic E-state index is 12.0. The highest BCUT2D eigenvalue weighted by Gasteiger charge is 2.45. The van der Waals surface area contributed by atoms with Crippen molar-refractivity contribution in [2.45, 2.75) is 82.3 Å². The van der Waals surface area contributed by atoms with Gasteiger partial charge in [-0.3, -0.25) is 4.55 Å². The minimum atomic E-state index is -3.96. The van der Waals surface area contributed by atoms with Crippen LogP contribution in [0.5, 0.6) is 0 Å². The predicted molar refractivity (Wildman–Crippen MR) is 84.0 cm³/mol. The molecule has 1 spiro atoms. The fraction of sp³-hybridized carbons (Fsp3) is 1.00. The Morgan fingerprint density at radius 1 is 0.810 bits per heavy atom. The molecule has 5 heteroatoms. The van der Waals surface area contributed by atoms with Crippen molar-refractivity contribution < 1.29 is 17.7 Å². The second-order valence-corrected chi connectivity index (χ2v) is 8.44. The second kappa shape index (κ2) is 7.93. The van der Waals surface area contributed by atoms with Crippen molar-refractivity contribution in [3.63, 3.8) is 0 Å². The molecular weight excluding hydrogens is 288 g/mol. The molecule has 124 valence electrons. The first-order valence-electron chi connectivity index (χ1n) is 8.59. The molecule has 0 bridgehead atoms. The molecule has 1 aliphatic carbocycles. The zero-order valence-electron chi connectivity index (χ0n) is 13.1. The van der Waals surface area contributed by atoms with Gasteiger partial charge in [-0.1, -0.05) is 38.5 Å². The highest BCUT2D eigenvalue weighted by Crippen LogP contribution is 2.47. The maximum Gasteiger partial charge on any atom is 0.268 e. The Bertz CT molecular complexity index is 399. The third-order valence-corrected chi connectivity index (χ3v) is 6.82. The smallest absolute Gasteiger partial charge is 0.268 e. The van der Waals surface area contributed by atoms with E-state index in [0.717, 1.165) is 77.4 Å². The Balaban J connectivity index is 2.17. The van der Waals surface area contributed by atoms with Gasteiger partial charge in [0, 0.05) is 13.2 Å². The van der Waals surface area contributed by atoms with Gasteiger partial charge >= 0.3 is 0 Å². The molecule has 0 amide bonds. The van der Waals surface area contributed by atoms with Gasteiger partial charge in [0.15, 0.2) is 0 Å². The summed E-state index contributed by atoms with van der Waals surface area (Å²) in [4.78, 5) is 0. The van der Waals surface area contributed by atoms with Crippen molar-refractivity contribution in [1.82, 2.24) is 0 Å². The van der Waals surface area contributed by atoms with Gasteiger partial charge in [0.2, 0.25) is 0 Å². The van der Waals surface area contributed by atoms with E-state index in [4.69, 9.17) is 4.74 Å². The molecule has 1 saturated carbocycles. The summed E-state index contributed by atoms with van der Waals surface area (Å²) < 4.78 is 39.5. The quantitative estimate of drug-likeness (QED) is 0.743. The minimum Gasteiger partial charge on any atom is -0.381 e. The topological polar surface area (TPSA) is 63.6 Å². The molecule has 1 atom stereocenters. The van der Waals surface area contributed by atoms with Gasteiger partial charge in [-0.05, 0) is 43.9 Å². The van der Waals surface area contributed by atoms with Crippen LogP contribution in [0.4, 0.5) is 0 Å². The van der Waals surface area contributed by atoms with Crippen molar-refractivity contribution in [3.05, 3.63) is 0 Å². The van der Waals surface area contributed by atoms with E-state index in [1.54, 1.807) is 0 Å². The van der Waals surface area contributed by atoms with Crippen molar-refractivity contribution in [2.24, 2.45) is 5.41 Å². The van der Waals surface area contributed by atoms with Crippen LogP contribution in [0.1, 0.15) is 77.0 Å². The highest BCUT2D eigenvalue weighted by atomic mass is 32.2. The molecule has 1 saturated heterocycles. The molecule has 2 fully saturated rings. The van der Waals surface area contributed by atoms with Crippen molar-refractivity contribution in [3.8, 4) is 0 Å². The molecule has 0 aromatic carbocycles. The standard InChI is InChI=1S/C16H30O4S/c17-21(18,19)15-9-4-1-2-7-13-20-14-8-12-16(15)10-5-3-6-11-16/h15H,1-14H2,(H,17,18,19). The van der Waals surface area contributed by atoms with Crippen LogP contribution in [0.25, 0.3) is 0 Å². The van der Waals surface area contributed by atoms with Gasteiger partial charge in [-0.2, -0.15) is 8.42 Å². The molecule has 2 aliphatic rings. The first-order chi connectivity index (χ1) is 10.0. The monoisotopic (exact) mass is 318 g/mol. The average Bonchev–Trinajstić information content (AvgIpc) is 2.42. The molecule has 0 aromatic heterocycles. The fourth-order valence-electron chi connectivity index (χ4n) is 4.28. The van der Waals surface area contributed by atoms with Crippen molar-refractivity contribution in [1.29, 1.82) is 0 Å². The lowest BCUT2D eigenvalue weighted by atomic mass is 9.68. The van der Waals surface area contributed by atoms with E-state index in [1.165, 1.54) is 6.42 Å². The molecule has 1 aliphatic heterocycles. The van der Waals surface area contributed by atoms with Crippen LogP contribution in [0, 0.1) is 5.41 Å². The lowest BCUT2D eigenvalue weighted by molar-refractivity contribution is 0.0911. The van der Waals surface area contributed by atoms with Crippen LogP contribution in [-0.4, -0.2) is 31.4 Å². The first kappa shape index (κ1) is 17.2. The fourth-order valence-corrected chi connectivity index (χ4v) is 5.73. The summed E-state index contributed by atoms with van der Waals surface area (Å²) in [7, 11) is -3.96. The average molecular weight is 318 g/mol. The summed E-state index contributed by atoms with van der Waals surface area (Å²) >= 11 is 0. The molecule has 1 heterocycles. The van der Waals surface area contributed by atoms with Crippen LogP contribution in [0.3, 0.4) is 0 Å². The summed E-state index contributed by atoms with van der Waals surface area (Å²) in [6.07, 6.45) is 11.7. The summed E-state index contributed by atoms with van der Waals surface area (Å²) in [6, 6.07) is 0. The zero-order chi connectivity index (χ0) is 15.2. The molecule has 21 heavy (non-hydrogen) atoms. The SMILES string of the molecule is O=S(=O)(O)C1CCCCCCOCCCC12CCCCC2. The van der Waals surface area contributed by atoms with Gasteiger partial charge in [0.1, 0.15) is 0 Å². The van der Waals surface area contributed by atoms with Crippen molar-refractivity contribution in [2.75, 3.05) is 13.2 Å². The van der Waals surface area contributed by atoms with Crippen LogP contribution in [0.15, 0.2) is 0 Å². The van der Waals surface area contributed by atoms with Crippen LogP contribution < -0.4 is 0 Å². The van der Waals surface area contributed by atoms with Gasteiger partial charge in [0.25, 0.3) is 10.1 Å². The Kier molecular flexibility index (Phi) is 6.51. The minimum absolute atomic E-state index is 0.214. The normalized spacial score (nSPS) is 29.5. The van der Waals surface area contributed by atoms with Crippen LogP contribution in [-0.2, 0) is 14.9 Å². The van der Waals surface area contributed by atoms with E-state index in [0.29, 0.717) is 6.42 Å². The van der Waals surface area contributed by atoms with Crippen molar-refractivity contribution >= 4 is 10.1 Å². The molecule has 0 aromatic rings. The molecule has 2 rings (SSSR count).